The molecule has 1 heterocycles. The highest BCUT2D eigenvalue weighted by Gasteiger charge is 2.03. The van der Waals surface area contributed by atoms with Crippen molar-refractivity contribution in [3.05, 3.63) is 66.5 Å². The van der Waals surface area contributed by atoms with E-state index in [1.165, 1.54) is 5.56 Å². The number of hydrogen-bond donors (Lipinski definition) is 2. The Morgan fingerprint density at radius 3 is 2.65 bits per heavy atom. The monoisotopic (exact) mass is 263 g/mol. The molecule has 0 aliphatic heterocycles. The van der Waals surface area contributed by atoms with Gasteiger partial charge in [0.2, 0.25) is 0 Å². The molecule has 0 spiro atoms. The topological polar surface area (TPSA) is 50.9 Å². The van der Waals surface area contributed by atoms with E-state index in [1.807, 2.05) is 30.5 Å². The van der Waals surface area contributed by atoms with Gasteiger partial charge in [-0.3, -0.25) is 4.98 Å². The first-order valence-electron chi connectivity index (χ1n) is 6.74. The van der Waals surface area contributed by atoms with E-state index >= 15 is 0 Å². The Kier molecular flexibility index (Phi) is 3.50. The lowest BCUT2D eigenvalue weighted by Crippen LogP contribution is -2.05. The van der Waals surface area contributed by atoms with Gasteiger partial charge in [0.15, 0.2) is 0 Å². The number of nitrogen functional groups attached to an aromatic ring is 1. The van der Waals surface area contributed by atoms with Crippen molar-refractivity contribution in [3.63, 3.8) is 0 Å². The van der Waals surface area contributed by atoms with Gasteiger partial charge in [-0.05, 0) is 30.2 Å². The summed E-state index contributed by atoms with van der Waals surface area (Å²) in [5.41, 5.74) is 9.18. The minimum absolute atomic E-state index is 0.765. The molecule has 0 saturated heterocycles. The molecule has 0 bridgehead atoms. The summed E-state index contributed by atoms with van der Waals surface area (Å²) >= 11 is 0. The predicted octanol–water partition coefficient (Wildman–Crippen LogP) is 3.47. The molecule has 0 saturated carbocycles. The zero-order valence-electron chi connectivity index (χ0n) is 11.2. The van der Waals surface area contributed by atoms with Crippen LogP contribution >= 0.6 is 0 Å². The number of benzene rings is 2. The van der Waals surface area contributed by atoms with Crippen molar-refractivity contribution in [1.82, 2.24) is 4.98 Å². The molecule has 0 aliphatic rings. The molecule has 0 atom stereocenters. The van der Waals surface area contributed by atoms with Gasteiger partial charge in [-0.2, -0.15) is 0 Å². The van der Waals surface area contributed by atoms with Crippen LogP contribution in [0.1, 0.15) is 5.56 Å². The lowest BCUT2D eigenvalue weighted by atomic mass is 10.1. The molecule has 3 heteroatoms. The third kappa shape index (κ3) is 2.57. The van der Waals surface area contributed by atoms with Crippen LogP contribution in [0.4, 0.5) is 11.4 Å². The first-order chi connectivity index (χ1) is 9.84. The maximum Gasteiger partial charge on any atom is 0.0422 e. The molecule has 0 radical (unpaired) electrons. The molecule has 2 aromatic carbocycles. The molecular weight excluding hydrogens is 246 g/mol. The molecule has 0 amide bonds. The Morgan fingerprint density at radius 2 is 1.80 bits per heavy atom. The van der Waals surface area contributed by atoms with Gasteiger partial charge in [0.05, 0.1) is 0 Å². The minimum Gasteiger partial charge on any atom is -0.398 e. The SMILES string of the molecule is Nc1ccc(NCCc2ccccc2)c2ccncc12. The minimum atomic E-state index is 0.765. The molecule has 1 aromatic heterocycles. The number of anilines is 2. The maximum atomic E-state index is 5.98. The maximum absolute atomic E-state index is 5.98. The highest BCUT2D eigenvalue weighted by atomic mass is 14.9. The molecule has 3 aromatic rings. The van der Waals surface area contributed by atoms with Crippen molar-refractivity contribution < 1.29 is 0 Å². The summed E-state index contributed by atoms with van der Waals surface area (Å²) in [4.78, 5) is 4.13. The van der Waals surface area contributed by atoms with E-state index in [4.69, 9.17) is 5.73 Å². The average Bonchev–Trinajstić information content (AvgIpc) is 2.51. The van der Waals surface area contributed by atoms with E-state index in [0.717, 1.165) is 35.1 Å². The lowest BCUT2D eigenvalue weighted by Gasteiger charge is -2.11. The smallest absolute Gasteiger partial charge is 0.0422 e. The second kappa shape index (κ2) is 5.61. The van der Waals surface area contributed by atoms with Crippen LogP contribution in [-0.4, -0.2) is 11.5 Å². The summed E-state index contributed by atoms with van der Waals surface area (Å²) in [6.07, 6.45) is 4.61. The number of nitrogens with two attached hydrogens (primary N) is 1. The van der Waals surface area contributed by atoms with E-state index < -0.39 is 0 Å². The van der Waals surface area contributed by atoms with Crippen LogP contribution in [0.3, 0.4) is 0 Å². The number of nitrogens with one attached hydrogen (secondary N) is 1. The van der Waals surface area contributed by atoms with Crippen LogP contribution in [0, 0.1) is 0 Å². The molecule has 3 rings (SSSR count). The highest BCUT2D eigenvalue weighted by Crippen LogP contribution is 2.27. The first kappa shape index (κ1) is 12.5. The van der Waals surface area contributed by atoms with Gasteiger partial charge < -0.3 is 11.1 Å². The van der Waals surface area contributed by atoms with E-state index in [0.29, 0.717) is 0 Å². The second-order valence-corrected chi connectivity index (χ2v) is 4.79. The molecule has 0 unspecified atom stereocenters. The van der Waals surface area contributed by atoms with E-state index in [1.54, 1.807) is 6.20 Å². The number of nitrogens with zero attached hydrogens (tertiary/aromatic N) is 1. The largest absolute Gasteiger partial charge is 0.398 e. The van der Waals surface area contributed by atoms with Crippen LogP contribution in [0.5, 0.6) is 0 Å². The Hall–Kier alpha value is -2.55. The standard InChI is InChI=1S/C17H17N3/c18-16-6-7-17(14-9-10-19-12-15(14)16)20-11-8-13-4-2-1-3-5-13/h1-7,9-10,12,20H,8,11,18H2. The second-order valence-electron chi connectivity index (χ2n) is 4.79. The van der Waals surface area contributed by atoms with Gasteiger partial charge in [-0.15, -0.1) is 0 Å². The molecule has 0 fully saturated rings. The summed E-state index contributed by atoms with van der Waals surface area (Å²) in [6, 6.07) is 16.4. The molecule has 0 aliphatic carbocycles. The zero-order valence-corrected chi connectivity index (χ0v) is 11.2. The average molecular weight is 263 g/mol. The summed E-state index contributed by atoms with van der Waals surface area (Å²) in [6.45, 7) is 0.894. The summed E-state index contributed by atoms with van der Waals surface area (Å²) in [7, 11) is 0. The fraction of sp³-hybridized carbons (Fsp3) is 0.118. The van der Waals surface area contributed by atoms with Gasteiger partial charge >= 0.3 is 0 Å². The molecular formula is C17H17N3. The molecule has 3 N–H and O–H groups in total. The van der Waals surface area contributed by atoms with Crippen molar-refractivity contribution in [2.24, 2.45) is 0 Å². The summed E-state index contributed by atoms with van der Waals surface area (Å²) in [5, 5.41) is 5.60. The number of rotatable bonds is 4. The first-order valence-corrected chi connectivity index (χ1v) is 6.74. The van der Waals surface area contributed by atoms with E-state index in [-0.39, 0.29) is 0 Å². The highest BCUT2D eigenvalue weighted by molar-refractivity contribution is 6.00. The van der Waals surface area contributed by atoms with Gasteiger partial charge in [0.1, 0.15) is 0 Å². The molecule has 100 valence electrons. The van der Waals surface area contributed by atoms with Gasteiger partial charge in [-0.25, -0.2) is 0 Å². The van der Waals surface area contributed by atoms with Gasteiger partial charge in [0.25, 0.3) is 0 Å². The van der Waals surface area contributed by atoms with Crippen molar-refractivity contribution in [1.29, 1.82) is 0 Å². The number of pyridine rings is 1. The number of fused-ring (bicyclic) bond motifs is 1. The molecule has 3 nitrogen and oxygen atoms in total. The Bertz CT molecular complexity index is 708. The fourth-order valence-electron chi connectivity index (χ4n) is 2.35. The van der Waals surface area contributed by atoms with Crippen molar-refractivity contribution >= 4 is 22.1 Å². The predicted molar refractivity (Wildman–Crippen MR) is 84.8 cm³/mol. The van der Waals surface area contributed by atoms with Gasteiger partial charge in [-0.1, -0.05) is 30.3 Å². The normalized spacial score (nSPS) is 10.6. The fourth-order valence-corrected chi connectivity index (χ4v) is 2.35. The summed E-state index contributed by atoms with van der Waals surface area (Å²) in [5.74, 6) is 0. The van der Waals surface area contributed by atoms with Crippen molar-refractivity contribution in [3.8, 4) is 0 Å². The number of aromatic nitrogens is 1. The third-order valence-corrected chi connectivity index (χ3v) is 3.42. The van der Waals surface area contributed by atoms with Gasteiger partial charge in [0, 0.05) is 41.1 Å². The third-order valence-electron chi connectivity index (χ3n) is 3.42. The van der Waals surface area contributed by atoms with Crippen LogP contribution in [-0.2, 0) is 6.42 Å². The summed E-state index contributed by atoms with van der Waals surface area (Å²) < 4.78 is 0. The van der Waals surface area contributed by atoms with Crippen LogP contribution in [0.25, 0.3) is 10.8 Å². The van der Waals surface area contributed by atoms with E-state index in [2.05, 4.69) is 34.6 Å². The van der Waals surface area contributed by atoms with E-state index in [9.17, 15) is 0 Å². The van der Waals surface area contributed by atoms with Crippen molar-refractivity contribution in [2.45, 2.75) is 6.42 Å². The Labute approximate surface area is 118 Å². The zero-order chi connectivity index (χ0) is 13.8. The Balaban J connectivity index is 1.77. The number of hydrogen-bond acceptors (Lipinski definition) is 3. The Morgan fingerprint density at radius 1 is 0.950 bits per heavy atom. The lowest BCUT2D eigenvalue weighted by molar-refractivity contribution is 1.02. The molecule has 20 heavy (non-hydrogen) atoms. The van der Waals surface area contributed by atoms with Crippen LogP contribution < -0.4 is 11.1 Å². The van der Waals surface area contributed by atoms with Crippen LogP contribution in [0.15, 0.2) is 60.9 Å². The van der Waals surface area contributed by atoms with Crippen molar-refractivity contribution in [2.75, 3.05) is 17.6 Å². The van der Waals surface area contributed by atoms with Crippen LogP contribution in [0.2, 0.25) is 0 Å². The quantitative estimate of drug-likeness (QED) is 0.709.